The van der Waals surface area contributed by atoms with Gasteiger partial charge in [-0.3, -0.25) is 24.4 Å². The monoisotopic (exact) mass is 757 g/mol. The van der Waals surface area contributed by atoms with Gasteiger partial charge >= 0.3 is 12.2 Å². The molecule has 1 aromatic carbocycles. The van der Waals surface area contributed by atoms with Gasteiger partial charge in [0.15, 0.2) is 10.8 Å². The molecule has 3 aromatic heterocycles. The highest BCUT2D eigenvalue weighted by atomic mass is 32.2. The van der Waals surface area contributed by atoms with Crippen molar-refractivity contribution in [3.8, 4) is 0 Å². The van der Waals surface area contributed by atoms with Crippen LogP contribution in [0, 0.1) is 5.92 Å². The Kier molecular flexibility index (Phi) is 10.2. The number of amides is 3. The molecule has 0 saturated carbocycles. The van der Waals surface area contributed by atoms with Crippen LogP contribution < -0.4 is 15.5 Å². The van der Waals surface area contributed by atoms with Crippen molar-refractivity contribution in [2.45, 2.75) is 68.7 Å². The number of benzene rings is 1. The maximum absolute atomic E-state index is 13.4. The first-order valence-electron chi connectivity index (χ1n) is 17.7. The number of rotatable bonds is 10. The van der Waals surface area contributed by atoms with Gasteiger partial charge in [-0.15, -0.1) is 0 Å². The van der Waals surface area contributed by atoms with Gasteiger partial charge in [0.05, 0.1) is 11.1 Å². The minimum absolute atomic E-state index is 0.00481. The van der Waals surface area contributed by atoms with Crippen LogP contribution in [0.1, 0.15) is 56.1 Å². The maximum Gasteiger partial charge on any atom is 0.419 e. The van der Waals surface area contributed by atoms with Crippen LogP contribution in [-0.4, -0.2) is 104 Å². The Morgan fingerprint density at radius 3 is 2.36 bits per heavy atom. The van der Waals surface area contributed by atoms with Crippen LogP contribution in [0.25, 0.3) is 10.9 Å². The number of fused-ring (bicyclic) bond motifs is 1. The molecular formula is C34H42F3N11O4S. The van der Waals surface area contributed by atoms with Crippen molar-refractivity contribution in [2.75, 3.05) is 49.5 Å². The van der Waals surface area contributed by atoms with Crippen LogP contribution in [0.4, 0.5) is 29.7 Å². The summed E-state index contributed by atoms with van der Waals surface area (Å²) >= 11 is 0. The molecule has 1 atom stereocenters. The number of halogens is 3. The number of likely N-dealkylation sites (tertiary alicyclic amines) is 1. The van der Waals surface area contributed by atoms with E-state index < -0.39 is 27.8 Å². The highest BCUT2D eigenvalue weighted by Gasteiger charge is 2.34. The van der Waals surface area contributed by atoms with Gasteiger partial charge < -0.3 is 10.2 Å². The van der Waals surface area contributed by atoms with Crippen LogP contribution in [0.2, 0.25) is 0 Å². The van der Waals surface area contributed by atoms with Crippen LogP contribution >= 0.6 is 0 Å². The number of aryl methyl sites for hydroxylation is 1. The van der Waals surface area contributed by atoms with Crippen molar-refractivity contribution in [1.82, 2.24) is 44.1 Å². The second-order valence-corrected chi connectivity index (χ2v) is 16.0. The molecule has 3 amide bonds. The summed E-state index contributed by atoms with van der Waals surface area (Å²) in [5.74, 6) is 0.953. The standard InChI is InChI=1S/C34H42F3N11O4S/c1-22(20-45-11-5-23(6-12-45)24-3-4-27-28(17-24)44(2)43-31(27)48-16-9-29(49)41-33(48)50)21-46-13-10-30(42-46)53(51,52)47-14-7-26(8-15-47)40-32-38-18-25(19-39-32)34(35,36)37/h3-4,10,13,17-19,22-23,26H,5-9,11-12,14-16,20-21H2,1-2H3,(H,38,39,40)(H,41,49,50). The lowest BCUT2D eigenvalue weighted by Gasteiger charge is -2.33. The van der Waals surface area contributed by atoms with E-state index in [1.54, 1.807) is 15.6 Å². The predicted octanol–water partition coefficient (Wildman–Crippen LogP) is 3.81. The van der Waals surface area contributed by atoms with E-state index in [2.05, 4.69) is 54.8 Å². The van der Waals surface area contributed by atoms with E-state index in [4.69, 9.17) is 0 Å². The molecule has 3 aliphatic rings. The molecule has 0 spiro atoms. The number of urea groups is 1. The van der Waals surface area contributed by atoms with E-state index in [9.17, 15) is 31.2 Å². The number of alkyl halides is 3. The molecule has 0 bridgehead atoms. The largest absolute Gasteiger partial charge is 0.419 e. The average molecular weight is 758 g/mol. The lowest BCUT2D eigenvalue weighted by molar-refractivity contribution is -0.138. The van der Waals surface area contributed by atoms with Crippen LogP contribution in [0.5, 0.6) is 0 Å². The number of piperidine rings is 2. The van der Waals surface area contributed by atoms with E-state index in [1.807, 2.05) is 13.1 Å². The molecule has 1 unspecified atom stereocenters. The summed E-state index contributed by atoms with van der Waals surface area (Å²) in [6.45, 7) is 6.17. The predicted molar refractivity (Wildman–Crippen MR) is 188 cm³/mol. The quantitative estimate of drug-likeness (QED) is 0.243. The van der Waals surface area contributed by atoms with E-state index >= 15 is 0 Å². The molecule has 3 aliphatic heterocycles. The fraction of sp³-hybridized carbons (Fsp3) is 0.529. The third kappa shape index (κ3) is 8.01. The number of carbonyl (C=O) groups is 2. The molecule has 3 saturated heterocycles. The molecule has 4 aromatic rings. The number of aromatic nitrogens is 6. The molecule has 53 heavy (non-hydrogen) atoms. The normalized spacial score (nSPS) is 19.5. The summed E-state index contributed by atoms with van der Waals surface area (Å²) in [5.41, 5.74) is 1.24. The van der Waals surface area contributed by atoms with Gasteiger partial charge in [-0.25, -0.2) is 23.2 Å². The molecule has 3 fully saturated rings. The Bertz CT molecular complexity index is 2070. The second kappa shape index (κ2) is 14.7. The van der Waals surface area contributed by atoms with Gasteiger partial charge in [0.1, 0.15) is 0 Å². The number of anilines is 2. The van der Waals surface area contributed by atoms with Crippen molar-refractivity contribution in [2.24, 2.45) is 13.0 Å². The lowest BCUT2D eigenvalue weighted by atomic mass is 9.88. The van der Waals surface area contributed by atoms with Gasteiger partial charge in [0, 0.05) is 76.2 Å². The zero-order valence-electron chi connectivity index (χ0n) is 29.5. The number of imide groups is 1. The SMILES string of the molecule is CC(CN1CCC(c2ccc3c(N4CCC(=O)NC4=O)nn(C)c3c2)CC1)Cn1ccc(S(=O)(=O)N2CCC(Nc3ncc(C(F)(F)F)cn3)CC2)n1. The van der Waals surface area contributed by atoms with Crippen molar-refractivity contribution < 1.29 is 31.2 Å². The molecule has 6 heterocycles. The summed E-state index contributed by atoms with van der Waals surface area (Å²) in [7, 11) is -1.95. The van der Waals surface area contributed by atoms with Crippen LogP contribution in [0.15, 0.2) is 47.9 Å². The average Bonchev–Trinajstić information content (AvgIpc) is 3.73. The topological polar surface area (TPSA) is 163 Å². The van der Waals surface area contributed by atoms with Gasteiger partial charge in [0.25, 0.3) is 10.0 Å². The number of carbonyl (C=O) groups excluding carboxylic acids is 2. The molecule has 0 aliphatic carbocycles. The molecule has 2 N–H and O–H groups in total. The van der Waals surface area contributed by atoms with E-state index in [-0.39, 0.29) is 48.4 Å². The molecule has 284 valence electrons. The molecular weight excluding hydrogens is 716 g/mol. The molecule has 19 heteroatoms. The Hall–Kier alpha value is -4.62. The second-order valence-electron chi connectivity index (χ2n) is 14.2. The number of hydrogen-bond donors (Lipinski definition) is 2. The number of sulfonamides is 1. The van der Waals surface area contributed by atoms with Gasteiger partial charge in [0.2, 0.25) is 11.9 Å². The van der Waals surface area contributed by atoms with Crippen LogP contribution in [-0.2, 0) is 34.6 Å². The first-order chi connectivity index (χ1) is 25.2. The Balaban J connectivity index is 0.877. The number of nitrogens with zero attached hydrogens (tertiary/aromatic N) is 9. The molecule has 0 radical (unpaired) electrons. The molecule has 15 nitrogen and oxygen atoms in total. The van der Waals surface area contributed by atoms with E-state index in [0.29, 0.717) is 37.7 Å². The maximum atomic E-state index is 13.4. The van der Waals surface area contributed by atoms with Crippen molar-refractivity contribution in [1.29, 1.82) is 0 Å². The minimum Gasteiger partial charge on any atom is -0.351 e. The fourth-order valence-electron chi connectivity index (χ4n) is 7.43. The van der Waals surface area contributed by atoms with E-state index in [0.717, 1.165) is 55.8 Å². The summed E-state index contributed by atoms with van der Waals surface area (Å²) in [5, 5.41) is 15.3. The Morgan fingerprint density at radius 2 is 1.68 bits per heavy atom. The summed E-state index contributed by atoms with van der Waals surface area (Å²) in [4.78, 5) is 35.5. The van der Waals surface area contributed by atoms with Crippen molar-refractivity contribution in [3.63, 3.8) is 0 Å². The Morgan fingerprint density at radius 1 is 0.962 bits per heavy atom. The minimum atomic E-state index is -4.52. The van der Waals surface area contributed by atoms with Crippen molar-refractivity contribution >= 4 is 44.6 Å². The smallest absolute Gasteiger partial charge is 0.351 e. The summed E-state index contributed by atoms with van der Waals surface area (Å²) in [6.07, 6.45) is 1.74. The van der Waals surface area contributed by atoms with Gasteiger partial charge in [-0.05, 0) is 74.4 Å². The highest BCUT2D eigenvalue weighted by molar-refractivity contribution is 7.89. The third-order valence-corrected chi connectivity index (χ3v) is 12.1. The lowest BCUT2D eigenvalue weighted by Crippen LogP contribution is -2.49. The van der Waals surface area contributed by atoms with Crippen LogP contribution in [0.3, 0.4) is 0 Å². The number of nitrogens with one attached hydrogen (secondary N) is 2. The molecule has 7 rings (SSSR count). The Labute approximate surface area is 304 Å². The zero-order valence-corrected chi connectivity index (χ0v) is 30.3. The number of hydrogen-bond acceptors (Lipinski definition) is 10. The van der Waals surface area contributed by atoms with Gasteiger partial charge in [-0.1, -0.05) is 13.0 Å². The summed E-state index contributed by atoms with van der Waals surface area (Å²) < 4.78 is 70.0. The summed E-state index contributed by atoms with van der Waals surface area (Å²) in [6, 6.07) is 7.19. The fourth-order valence-corrected chi connectivity index (χ4v) is 8.83. The highest BCUT2D eigenvalue weighted by Crippen LogP contribution is 2.34. The van der Waals surface area contributed by atoms with Crippen molar-refractivity contribution in [3.05, 3.63) is 54.0 Å². The first-order valence-corrected chi connectivity index (χ1v) is 19.2. The third-order valence-electron chi connectivity index (χ3n) is 10.3. The van der Waals surface area contributed by atoms with E-state index in [1.165, 1.54) is 20.8 Å². The zero-order chi connectivity index (χ0) is 37.5. The van der Waals surface area contributed by atoms with Gasteiger partial charge in [-0.2, -0.15) is 27.7 Å². The first kappa shape index (κ1) is 36.7.